The first-order valence-corrected chi connectivity index (χ1v) is 6.31. The van der Waals surface area contributed by atoms with E-state index in [9.17, 15) is 4.79 Å². The molecule has 0 aromatic heterocycles. The average molecular weight is 250 g/mol. The highest BCUT2D eigenvalue weighted by atomic mass is 16.5. The fourth-order valence-electron chi connectivity index (χ4n) is 1.65. The van der Waals surface area contributed by atoms with E-state index in [4.69, 9.17) is 10.5 Å². The van der Waals surface area contributed by atoms with E-state index in [0.29, 0.717) is 13.0 Å². The van der Waals surface area contributed by atoms with Gasteiger partial charge in [0.05, 0.1) is 6.04 Å². The van der Waals surface area contributed by atoms with Gasteiger partial charge in [0.15, 0.2) is 0 Å². The van der Waals surface area contributed by atoms with Crippen molar-refractivity contribution >= 4 is 11.6 Å². The second-order valence-electron chi connectivity index (χ2n) is 4.32. The standard InChI is InChI=1S/C14H22N2O2/c1-3-4-11-5-7-12(8-6-11)16-14(17)13(15)9-10-18-2/h5-8,13H,3-4,9-10,15H2,1-2H3,(H,16,17). The molecule has 3 N–H and O–H groups in total. The topological polar surface area (TPSA) is 64.4 Å². The number of aryl methyl sites for hydroxylation is 1. The summed E-state index contributed by atoms with van der Waals surface area (Å²) in [6.45, 7) is 2.63. The number of methoxy groups -OCH3 is 1. The van der Waals surface area contributed by atoms with E-state index < -0.39 is 6.04 Å². The largest absolute Gasteiger partial charge is 0.385 e. The zero-order chi connectivity index (χ0) is 13.4. The van der Waals surface area contributed by atoms with Crippen LogP contribution in [0.3, 0.4) is 0 Å². The zero-order valence-electron chi connectivity index (χ0n) is 11.1. The van der Waals surface area contributed by atoms with Crippen LogP contribution in [0, 0.1) is 0 Å². The molecule has 0 bridgehead atoms. The fraction of sp³-hybridized carbons (Fsp3) is 0.500. The van der Waals surface area contributed by atoms with Gasteiger partial charge >= 0.3 is 0 Å². The van der Waals surface area contributed by atoms with Gasteiger partial charge in [-0.3, -0.25) is 4.79 Å². The SMILES string of the molecule is CCCc1ccc(NC(=O)C(N)CCOC)cc1. The van der Waals surface area contributed by atoms with E-state index in [0.717, 1.165) is 18.5 Å². The second kappa shape index (κ2) is 7.84. The quantitative estimate of drug-likeness (QED) is 0.777. The molecule has 0 fully saturated rings. The van der Waals surface area contributed by atoms with Gasteiger partial charge in [-0.25, -0.2) is 0 Å². The highest BCUT2D eigenvalue weighted by Gasteiger charge is 2.12. The summed E-state index contributed by atoms with van der Waals surface area (Å²) in [4.78, 5) is 11.7. The number of nitrogens with one attached hydrogen (secondary N) is 1. The Morgan fingerprint density at radius 2 is 2.06 bits per heavy atom. The van der Waals surface area contributed by atoms with Crippen LogP contribution in [-0.2, 0) is 16.0 Å². The average Bonchev–Trinajstić information content (AvgIpc) is 2.38. The Balaban J connectivity index is 2.48. The van der Waals surface area contributed by atoms with Crippen molar-refractivity contribution < 1.29 is 9.53 Å². The lowest BCUT2D eigenvalue weighted by Crippen LogP contribution is -2.36. The maximum absolute atomic E-state index is 11.7. The number of hydrogen-bond acceptors (Lipinski definition) is 3. The third-order valence-corrected chi connectivity index (χ3v) is 2.73. The Morgan fingerprint density at radius 1 is 1.39 bits per heavy atom. The molecule has 0 radical (unpaired) electrons. The van der Waals surface area contributed by atoms with Gasteiger partial charge in [-0.15, -0.1) is 0 Å². The minimum atomic E-state index is -0.528. The van der Waals surface area contributed by atoms with E-state index >= 15 is 0 Å². The van der Waals surface area contributed by atoms with Crippen LogP contribution < -0.4 is 11.1 Å². The summed E-state index contributed by atoms with van der Waals surface area (Å²) in [5, 5.41) is 2.80. The van der Waals surface area contributed by atoms with Gasteiger partial charge in [-0.1, -0.05) is 25.5 Å². The van der Waals surface area contributed by atoms with Crippen LogP contribution in [0.1, 0.15) is 25.3 Å². The minimum absolute atomic E-state index is 0.171. The number of amides is 1. The second-order valence-corrected chi connectivity index (χ2v) is 4.32. The van der Waals surface area contributed by atoms with Crippen LogP contribution in [0.15, 0.2) is 24.3 Å². The predicted octanol–water partition coefficient (Wildman–Crippen LogP) is 1.94. The minimum Gasteiger partial charge on any atom is -0.385 e. The molecule has 4 nitrogen and oxygen atoms in total. The van der Waals surface area contributed by atoms with Crippen LogP contribution >= 0.6 is 0 Å². The van der Waals surface area contributed by atoms with Gasteiger partial charge < -0.3 is 15.8 Å². The molecule has 0 saturated heterocycles. The molecule has 1 unspecified atom stereocenters. The smallest absolute Gasteiger partial charge is 0.241 e. The number of carbonyl (C=O) groups excluding carboxylic acids is 1. The predicted molar refractivity (Wildman–Crippen MR) is 73.5 cm³/mol. The molecule has 0 aliphatic carbocycles. The molecular weight excluding hydrogens is 228 g/mol. The molecule has 0 heterocycles. The molecule has 0 aliphatic rings. The summed E-state index contributed by atoms with van der Waals surface area (Å²) in [7, 11) is 1.59. The molecule has 1 aromatic carbocycles. The highest BCUT2D eigenvalue weighted by Crippen LogP contribution is 2.11. The third kappa shape index (κ3) is 4.85. The highest BCUT2D eigenvalue weighted by molar-refractivity contribution is 5.94. The summed E-state index contributed by atoms with van der Waals surface area (Å²) in [5.41, 5.74) is 7.80. The van der Waals surface area contributed by atoms with Crippen LogP contribution in [-0.4, -0.2) is 25.7 Å². The van der Waals surface area contributed by atoms with Crippen molar-refractivity contribution in [3.05, 3.63) is 29.8 Å². The molecule has 0 saturated carbocycles. The Hall–Kier alpha value is -1.39. The summed E-state index contributed by atoms with van der Waals surface area (Å²) >= 11 is 0. The fourth-order valence-corrected chi connectivity index (χ4v) is 1.65. The number of benzene rings is 1. The van der Waals surface area contributed by atoms with E-state index in [1.165, 1.54) is 5.56 Å². The van der Waals surface area contributed by atoms with Gasteiger partial charge in [0.2, 0.25) is 5.91 Å². The number of hydrogen-bond donors (Lipinski definition) is 2. The van der Waals surface area contributed by atoms with E-state index in [2.05, 4.69) is 12.2 Å². The maximum atomic E-state index is 11.7. The number of ether oxygens (including phenoxy) is 1. The Labute approximate surface area is 109 Å². The molecule has 1 atom stereocenters. The van der Waals surface area contributed by atoms with Crippen molar-refractivity contribution in [1.29, 1.82) is 0 Å². The Morgan fingerprint density at radius 3 is 2.61 bits per heavy atom. The van der Waals surface area contributed by atoms with Crippen molar-refractivity contribution in [3.63, 3.8) is 0 Å². The lowest BCUT2D eigenvalue weighted by molar-refractivity contribution is -0.117. The van der Waals surface area contributed by atoms with Gasteiger partial charge in [0.1, 0.15) is 0 Å². The van der Waals surface area contributed by atoms with Crippen LogP contribution in [0.2, 0.25) is 0 Å². The summed E-state index contributed by atoms with van der Waals surface area (Å²) < 4.78 is 4.90. The third-order valence-electron chi connectivity index (χ3n) is 2.73. The van der Waals surface area contributed by atoms with E-state index in [1.54, 1.807) is 7.11 Å². The van der Waals surface area contributed by atoms with Crippen LogP contribution in [0.25, 0.3) is 0 Å². The van der Waals surface area contributed by atoms with Crippen molar-refractivity contribution in [3.8, 4) is 0 Å². The monoisotopic (exact) mass is 250 g/mol. The molecule has 1 amide bonds. The van der Waals surface area contributed by atoms with Gasteiger partial charge in [-0.05, 0) is 30.5 Å². The molecular formula is C14H22N2O2. The summed E-state index contributed by atoms with van der Waals surface area (Å²) in [6, 6.07) is 7.34. The van der Waals surface area contributed by atoms with Gasteiger partial charge in [0, 0.05) is 19.4 Å². The first-order chi connectivity index (χ1) is 8.67. The normalized spacial score (nSPS) is 12.2. The van der Waals surface area contributed by atoms with Gasteiger partial charge in [-0.2, -0.15) is 0 Å². The molecule has 4 heteroatoms. The van der Waals surface area contributed by atoms with Crippen molar-refractivity contribution in [2.45, 2.75) is 32.2 Å². The lowest BCUT2D eigenvalue weighted by atomic mass is 10.1. The molecule has 18 heavy (non-hydrogen) atoms. The molecule has 1 rings (SSSR count). The van der Waals surface area contributed by atoms with Crippen LogP contribution in [0.4, 0.5) is 5.69 Å². The summed E-state index contributed by atoms with van der Waals surface area (Å²) in [5.74, 6) is -0.171. The first-order valence-electron chi connectivity index (χ1n) is 6.31. The molecule has 0 aliphatic heterocycles. The molecule has 1 aromatic rings. The first kappa shape index (κ1) is 14.7. The van der Waals surface area contributed by atoms with Crippen molar-refractivity contribution in [2.75, 3.05) is 19.0 Å². The number of carbonyl (C=O) groups is 1. The van der Waals surface area contributed by atoms with Gasteiger partial charge in [0.25, 0.3) is 0 Å². The van der Waals surface area contributed by atoms with Crippen molar-refractivity contribution in [2.24, 2.45) is 5.73 Å². The van der Waals surface area contributed by atoms with Crippen LogP contribution in [0.5, 0.6) is 0 Å². The number of rotatable bonds is 7. The molecule has 0 spiro atoms. The maximum Gasteiger partial charge on any atom is 0.241 e. The lowest BCUT2D eigenvalue weighted by Gasteiger charge is -2.12. The van der Waals surface area contributed by atoms with Crippen molar-refractivity contribution in [1.82, 2.24) is 0 Å². The Kier molecular flexibility index (Phi) is 6.39. The summed E-state index contributed by atoms with van der Waals surface area (Å²) in [6.07, 6.45) is 2.70. The number of nitrogens with two attached hydrogens (primary N) is 1. The molecule has 100 valence electrons. The van der Waals surface area contributed by atoms with E-state index in [-0.39, 0.29) is 5.91 Å². The zero-order valence-corrected chi connectivity index (χ0v) is 11.1. The van der Waals surface area contributed by atoms with E-state index in [1.807, 2.05) is 24.3 Å². The number of anilines is 1. The Bertz CT molecular complexity index is 363.